The predicted octanol–water partition coefficient (Wildman–Crippen LogP) is 2.18. The molecule has 24 heavy (non-hydrogen) atoms. The van der Waals surface area contributed by atoms with Gasteiger partial charge in [0.2, 0.25) is 5.91 Å². The maximum atomic E-state index is 12.5. The van der Waals surface area contributed by atoms with Crippen LogP contribution in [0.3, 0.4) is 0 Å². The molecule has 1 fully saturated rings. The van der Waals surface area contributed by atoms with E-state index in [0.717, 1.165) is 43.7 Å². The van der Waals surface area contributed by atoms with Crippen LogP contribution in [0.25, 0.3) is 0 Å². The summed E-state index contributed by atoms with van der Waals surface area (Å²) in [7, 11) is 1.64. The highest BCUT2D eigenvalue weighted by atomic mass is 16.5. The van der Waals surface area contributed by atoms with Crippen molar-refractivity contribution in [2.24, 2.45) is 5.41 Å². The Balaban J connectivity index is 1.87. The lowest BCUT2D eigenvalue weighted by Crippen LogP contribution is -2.50. The van der Waals surface area contributed by atoms with Gasteiger partial charge in [0.15, 0.2) is 0 Å². The molecule has 0 radical (unpaired) electrons. The van der Waals surface area contributed by atoms with Crippen LogP contribution >= 0.6 is 0 Å². The standard InChI is InChI=1S/C19H30N2O3/c1-4-19(14-22)9-11-21(12-10-19)15(2)18(23)20-13-16-7-5-6-8-17(16)24-3/h5-8,15,22H,4,9-14H2,1-3H3,(H,20,23). The molecule has 1 heterocycles. The van der Waals surface area contributed by atoms with Gasteiger partial charge in [0, 0.05) is 18.7 Å². The third kappa shape index (κ3) is 4.28. The fourth-order valence-electron chi connectivity index (χ4n) is 3.35. The van der Waals surface area contributed by atoms with Crippen LogP contribution in [0.4, 0.5) is 0 Å². The minimum atomic E-state index is -0.159. The van der Waals surface area contributed by atoms with E-state index in [1.54, 1.807) is 7.11 Å². The first-order chi connectivity index (χ1) is 11.5. The number of nitrogens with one attached hydrogen (secondary N) is 1. The van der Waals surface area contributed by atoms with Crippen molar-refractivity contribution < 1.29 is 14.6 Å². The number of carbonyl (C=O) groups excluding carboxylic acids is 1. The van der Waals surface area contributed by atoms with Gasteiger partial charge in [0.05, 0.1) is 13.2 Å². The fraction of sp³-hybridized carbons (Fsp3) is 0.632. The van der Waals surface area contributed by atoms with Gasteiger partial charge in [0.25, 0.3) is 0 Å². The van der Waals surface area contributed by atoms with E-state index in [0.29, 0.717) is 6.54 Å². The lowest BCUT2D eigenvalue weighted by molar-refractivity contribution is -0.127. The van der Waals surface area contributed by atoms with Gasteiger partial charge in [-0.15, -0.1) is 0 Å². The Labute approximate surface area is 145 Å². The molecular formula is C19H30N2O3. The Kier molecular flexibility index (Phi) is 6.63. The lowest BCUT2D eigenvalue weighted by Gasteiger charge is -2.42. The third-order valence-corrected chi connectivity index (χ3v) is 5.52. The highest BCUT2D eigenvalue weighted by Crippen LogP contribution is 2.34. The van der Waals surface area contributed by atoms with Crippen LogP contribution in [0.2, 0.25) is 0 Å². The number of likely N-dealkylation sites (tertiary alicyclic amines) is 1. The van der Waals surface area contributed by atoms with Gasteiger partial charge < -0.3 is 15.2 Å². The van der Waals surface area contributed by atoms with E-state index in [9.17, 15) is 9.90 Å². The normalized spacial score (nSPS) is 18.8. The molecule has 2 rings (SSSR count). The molecule has 0 saturated carbocycles. The van der Waals surface area contributed by atoms with Crippen molar-refractivity contribution in [3.05, 3.63) is 29.8 Å². The lowest BCUT2D eigenvalue weighted by atomic mass is 9.76. The molecule has 1 atom stereocenters. The number of benzene rings is 1. The summed E-state index contributed by atoms with van der Waals surface area (Å²) in [4.78, 5) is 14.7. The highest BCUT2D eigenvalue weighted by Gasteiger charge is 2.35. The van der Waals surface area contributed by atoms with Crippen molar-refractivity contribution >= 4 is 5.91 Å². The number of hydrogen-bond donors (Lipinski definition) is 2. The molecule has 134 valence electrons. The second-order valence-corrected chi connectivity index (χ2v) is 6.75. The molecule has 0 spiro atoms. The zero-order valence-corrected chi connectivity index (χ0v) is 15.0. The van der Waals surface area contributed by atoms with Gasteiger partial charge in [-0.3, -0.25) is 9.69 Å². The molecule has 0 aliphatic carbocycles. The van der Waals surface area contributed by atoms with Crippen LogP contribution in [-0.4, -0.2) is 48.8 Å². The maximum absolute atomic E-state index is 12.5. The van der Waals surface area contributed by atoms with E-state index >= 15 is 0 Å². The van der Waals surface area contributed by atoms with Gasteiger partial charge in [-0.1, -0.05) is 25.1 Å². The number of ether oxygens (including phenoxy) is 1. The van der Waals surface area contributed by atoms with E-state index in [4.69, 9.17) is 4.74 Å². The number of aliphatic hydroxyl groups excluding tert-OH is 1. The average molecular weight is 334 g/mol. The Hall–Kier alpha value is -1.59. The summed E-state index contributed by atoms with van der Waals surface area (Å²) < 4.78 is 5.32. The summed E-state index contributed by atoms with van der Waals surface area (Å²) in [6, 6.07) is 7.56. The van der Waals surface area contributed by atoms with Crippen LogP contribution in [0, 0.1) is 5.41 Å². The van der Waals surface area contributed by atoms with Gasteiger partial charge in [0.1, 0.15) is 5.75 Å². The summed E-state index contributed by atoms with van der Waals surface area (Å²) >= 11 is 0. The Morgan fingerprint density at radius 1 is 1.38 bits per heavy atom. The number of methoxy groups -OCH3 is 1. The quantitative estimate of drug-likeness (QED) is 0.802. The maximum Gasteiger partial charge on any atom is 0.237 e. The van der Waals surface area contributed by atoms with E-state index in [-0.39, 0.29) is 24.0 Å². The monoisotopic (exact) mass is 334 g/mol. The zero-order valence-electron chi connectivity index (χ0n) is 15.0. The summed E-state index contributed by atoms with van der Waals surface area (Å²) in [5.74, 6) is 0.827. The first-order valence-electron chi connectivity index (χ1n) is 8.80. The molecule has 0 bridgehead atoms. The number of hydrogen-bond acceptors (Lipinski definition) is 4. The smallest absolute Gasteiger partial charge is 0.237 e. The second kappa shape index (κ2) is 8.49. The number of carbonyl (C=O) groups is 1. The van der Waals surface area contributed by atoms with Crippen molar-refractivity contribution in [1.82, 2.24) is 10.2 Å². The molecule has 1 amide bonds. The minimum Gasteiger partial charge on any atom is -0.496 e. The summed E-state index contributed by atoms with van der Waals surface area (Å²) in [6.07, 6.45) is 2.89. The van der Waals surface area contributed by atoms with Crippen LogP contribution in [-0.2, 0) is 11.3 Å². The number of nitrogens with zero attached hydrogens (tertiary/aromatic N) is 1. The van der Waals surface area contributed by atoms with Gasteiger partial charge in [-0.25, -0.2) is 0 Å². The molecule has 2 N–H and O–H groups in total. The van der Waals surface area contributed by atoms with Crippen molar-refractivity contribution in [2.75, 3.05) is 26.8 Å². The Morgan fingerprint density at radius 3 is 2.62 bits per heavy atom. The number of piperidine rings is 1. The predicted molar refractivity (Wildman–Crippen MR) is 94.9 cm³/mol. The van der Waals surface area contributed by atoms with E-state index in [2.05, 4.69) is 17.1 Å². The summed E-state index contributed by atoms with van der Waals surface area (Å²) in [5.41, 5.74) is 1.02. The number of aliphatic hydroxyl groups is 1. The molecule has 5 heteroatoms. The van der Waals surface area contributed by atoms with Crippen LogP contribution in [0.15, 0.2) is 24.3 Å². The van der Waals surface area contributed by atoms with Crippen molar-refractivity contribution in [1.29, 1.82) is 0 Å². The van der Waals surface area contributed by atoms with Crippen LogP contribution in [0.1, 0.15) is 38.7 Å². The molecule has 1 aromatic rings. The molecule has 1 aromatic carbocycles. The van der Waals surface area contributed by atoms with E-state index < -0.39 is 0 Å². The summed E-state index contributed by atoms with van der Waals surface area (Å²) in [6.45, 7) is 6.52. The molecular weight excluding hydrogens is 304 g/mol. The number of amides is 1. The molecule has 1 unspecified atom stereocenters. The summed E-state index contributed by atoms with van der Waals surface area (Å²) in [5, 5.41) is 12.6. The van der Waals surface area contributed by atoms with E-state index in [1.165, 1.54) is 0 Å². The molecule has 1 aliphatic heterocycles. The first kappa shape index (κ1) is 18.7. The largest absolute Gasteiger partial charge is 0.496 e. The topological polar surface area (TPSA) is 61.8 Å². The van der Waals surface area contributed by atoms with E-state index in [1.807, 2.05) is 31.2 Å². The fourth-order valence-corrected chi connectivity index (χ4v) is 3.35. The van der Waals surface area contributed by atoms with Gasteiger partial charge >= 0.3 is 0 Å². The Bertz CT molecular complexity index is 533. The zero-order chi connectivity index (χ0) is 17.6. The third-order valence-electron chi connectivity index (χ3n) is 5.52. The molecule has 1 saturated heterocycles. The van der Waals surface area contributed by atoms with Crippen molar-refractivity contribution in [2.45, 2.75) is 45.7 Å². The minimum absolute atomic E-state index is 0.0360. The molecule has 0 aromatic heterocycles. The first-order valence-corrected chi connectivity index (χ1v) is 8.80. The van der Waals surface area contributed by atoms with Gasteiger partial charge in [-0.05, 0) is 50.8 Å². The average Bonchev–Trinajstić information content (AvgIpc) is 2.65. The molecule has 5 nitrogen and oxygen atoms in total. The highest BCUT2D eigenvalue weighted by molar-refractivity contribution is 5.81. The van der Waals surface area contributed by atoms with Crippen LogP contribution < -0.4 is 10.1 Å². The van der Waals surface area contributed by atoms with Crippen LogP contribution in [0.5, 0.6) is 5.75 Å². The molecule has 1 aliphatic rings. The number of rotatable bonds is 7. The second-order valence-electron chi connectivity index (χ2n) is 6.75. The SMILES string of the molecule is CCC1(CO)CCN(C(C)C(=O)NCc2ccccc2OC)CC1. The number of para-hydroxylation sites is 1. The van der Waals surface area contributed by atoms with Crippen molar-refractivity contribution in [3.63, 3.8) is 0 Å². The Morgan fingerprint density at radius 2 is 2.04 bits per heavy atom. The van der Waals surface area contributed by atoms with Crippen molar-refractivity contribution in [3.8, 4) is 5.75 Å². The van der Waals surface area contributed by atoms with Gasteiger partial charge in [-0.2, -0.15) is 0 Å².